The summed E-state index contributed by atoms with van der Waals surface area (Å²) in [7, 11) is 2.56. The van der Waals surface area contributed by atoms with E-state index in [1.807, 2.05) is 11.3 Å². The smallest absolute Gasteiger partial charge is 0.211 e. The van der Waals surface area contributed by atoms with Crippen LogP contribution >= 0.6 is 11.3 Å². The van der Waals surface area contributed by atoms with E-state index in [1.165, 1.54) is 129 Å². The molecule has 0 spiro atoms. The lowest BCUT2D eigenvalue weighted by molar-refractivity contribution is 0.332. The van der Waals surface area contributed by atoms with Crippen molar-refractivity contribution in [2.45, 2.75) is 136 Å². The lowest BCUT2D eigenvalue weighted by Gasteiger charge is -2.44. The van der Waals surface area contributed by atoms with Gasteiger partial charge in [0.25, 0.3) is 0 Å². The standard InChI is InChI=1S/C61H64BN2S/c1-36-31-45-47(60(9,10)29-27-58(45,5)6)34-49(36)64-50-32-38-18-14-15-19-41(38)52(43-26-21-37-17-13-16-20-42(37)54(43)63-40-24-22-39(23-25-40)57(2,3)4)53(50)62-56-55(64)44-33-46-48(35-51(44)65-56)61(11,12)30-28-59(46,7)8/h13-26,31-35,63H,27-30H2,1-12H3. The molecule has 65 heavy (non-hydrogen) atoms. The Bertz CT molecular complexity index is 3260. The first-order chi connectivity index (χ1) is 30.7. The molecule has 1 N–H and O–H groups in total. The molecule has 1 aromatic heterocycles. The molecule has 1 aliphatic heterocycles. The molecule has 1 radical (unpaired) electrons. The number of rotatable bonds is 4. The minimum Gasteiger partial charge on any atom is -0.355 e. The zero-order valence-electron chi connectivity index (χ0n) is 40.7. The third-order valence-corrected chi connectivity index (χ3v) is 17.2. The van der Waals surface area contributed by atoms with Crippen LogP contribution in [-0.2, 0) is 27.1 Å². The Balaban J connectivity index is 1.23. The molecule has 7 aromatic carbocycles. The maximum Gasteiger partial charge on any atom is 0.211 e. The van der Waals surface area contributed by atoms with Gasteiger partial charge in [-0.2, -0.15) is 0 Å². The largest absolute Gasteiger partial charge is 0.355 e. The maximum atomic E-state index is 4.03. The van der Waals surface area contributed by atoms with Gasteiger partial charge < -0.3 is 10.2 Å². The molecular formula is C61H64BN2S. The Morgan fingerprint density at radius 2 is 1.14 bits per heavy atom. The Morgan fingerprint density at radius 3 is 1.78 bits per heavy atom. The summed E-state index contributed by atoms with van der Waals surface area (Å²) in [4.78, 5) is 2.71. The van der Waals surface area contributed by atoms with Crippen molar-refractivity contribution in [3.63, 3.8) is 0 Å². The van der Waals surface area contributed by atoms with Crippen LogP contribution in [0.2, 0.25) is 0 Å². The van der Waals surface area contributed by atoms with E-state index in [4.69, 9.17) is 0 Å². The Labute approximate surface area is 392 Å². The molecule has 327 valence electrons. The van der Waals surface area contributed by atoms with Gasteiger partial charge in [-0.05, 0) is 161 Å². The number of nitrogens with one attached hydrogen (secondary N) is 1. The van der Waals surface area contributed by atoms with E-state index in [0.717, 1.165) is 11.4 Å². The van der Waals surface area contributed by atoms with E-state index in [2.05, 4.69) is 216 Å². The van der Waals surface area contributed by atoms with Crippen LogP contribution in [0.3, 0.4) is 0 Å². The lowest BCUT2D eigenvalue weighted by atomic mass is 9.60. The number of hydrogen-bond acceptors (Lipinski definition) is 3. The van der Waals surface area contributed by atoms with Crippen molar-refractivity contribution in [1.82, 2.24) is 0 Å². The van der Waals surface area contributed by atoms with Crippen LogP contribution < -0.4 is 20.5 Å². The number of nitrogens with zero attached hydrogens (tertiary/aromatic N) is 1. The van der Waals surface area contributed by atoms with Gasteiger partial charge in [-0.1, -0.05) is 155 Å². The number of benzene rings is 7. The third-order valence-electron chi connectivity index (χ3n) is 16.1. The first-order valence-corrected chi connectivity index (χ1v) is 24.9. The molecule has 11 rings (SSSR count). The summed E-state index contributed by atoms with van der Waals surface area (Å²) in [5.74, 6) is 0. The first kappa shape index (κ1) is 42.3. The second-order valence-corrected chi connectivity index (χ2v) is 24.6. The van der Waals surface area contributed by atoms with E-state index < -0.39 is 0 Å². The Morgan fingerprint density at radius 1 is 0.569 bits per heavy atom. The van der Waals surface area contributed by atoms with Gasteiger partial charge in [0.05, 0.1) is 11.4 Å². The van der Waals surface area contributed by atoms with Crippen LogP contribution in [0, 0.1) is 6.92 Å². The Hall–Kier alpha value is -5.32. The number of anilines is 5. The molecule has 2 aliphatic carbocycles. The molecule has 0 saturated heterocycles. The highest BCUT2D eigenvalue weighted by Crippen LogP contribution is 2.54. The second-order valence-electron chi connectivity index (χ2n) is 23.5. The average molecular weight is 868 g/mol. The minimum absolute atomic E-state index is 0.0670. The van der Waals surface area contributed by atoms with E-state index in [-0.39, 0.29) is 27.1 Å². The van der Waals surface area contributed by atoms with Crippen LogP contribution in [0.4, 0.5) is 28.4 Å². The molecule has 0 bridgehead atoms. The third kappa shape index (κ3) is 6.71. The van der Waals surface area contributed by atoms with Gasteiger partial charge >= 0.3 is 0 Å². The number of thiophene rings is 1. The highest BCUT2D eigenvalue weighted by atomic mass is 32.1. The molecule has 0 amide bonds. The number of hydrogen-bond donors (Lipinski definition) is 1. The summed E-state index contributed by atoms with van der Waals surface area (Å²) < 4.78 is 2.70. The summed E-state index contributed by atoms with van der Waals surface area (Å²) >= 11 is 1.98. The van der Waals surface area contributed by atoms with Crippen LogP contribution in [0.25, 0.3) is 42.8 Å². The predicted molar refractivity (Wildman–Crippen MR) is 286 cm³/mol. The van der Waals surface area contributed by atoms with E-state index in [9.17, 15) is 0 Å². The lowest BCUT2D eigenvalue weighted by Crippen LogP contribution is -2.40. The molecule has 0 saturated carbocycles. The predicted octanol–water partition coefficient (Wildman–Crippen LogP) is 16.4. The molecule has 0 atom stereocenters. The van der Waals surface area contributed by atoms with E-state index in [1.54, 1.807) is 0 Å². The molecule has 8 aromatic rings. The fourth-order valence-electron chi connectivity index (χ4n) is 11.7. The van der Waals surface area contributed by atoms with Gasteiger partial charge in [0.2, 0.25) is 7.28 Å². The highest BCUT2D eigenvalue weighted by Gasteiger charge is 2.42. The normalized spacial score (nSPS) is 17.9. The van der Waals surface area contributed by atoms with Gasteiger partial charge in [0.15, 0.2) is 0 Å². The van der Waals surface area contributed by atoms with Gasteiger partial charge in [-0.25, -0.2) is 0 Å². The maximum absolute atomic E-state index is 4.03. The molecule has 2 heterocycles. The van der Waals surface area contributed by atoms with Crippen LogP contribution in [-0.4, -0.2) is 7.28 Å². The van der Waals surface area contributed by atoms with Crippen molar-refractivity contribution in [3.8, 4) is 11.1 Å². The molecule has 4 heteroatoms. The molecule has 0 fully saturated rings. The van der Waals surface area contributed by atoms with Crippen molar-refractivity contribution in [2.75, 3.05) is 10.2 Å². The topological polar surface area (TPSA) is 15.3 Å². The SMILES string of the molecule is Cc1cc2c(cc1N1c3cc4ccccc4c(-c4ccc5ccccc5c4Nc4ccc(C(C)(C)C)cc4)c3[B]c3sc4cc5c(cc4c31)C(C)(C)CCC5(C)C)C(C)(C)CCC2(C)C. The highest BCUT2D eigenvalue weighted by molar-refractivity contribution is 7.29. The number of aryl methyl sites for hydroxylation is 1. The minimum atomic E-state index is 0.0670. The second kappa shape index (κ2) is 14.3. The monoisotopic (exact) mass is 867 g/mol. The van der Waals surface area contributed by atoms with E-state index in [0.29, 0.717) is 0 Å². The quantitative estimate of drug-likeness (QED) is 0.177. The summed E-state index contributed by atoms with van der Waals surface area (Å²) in [6, 6.07) is 44.6. The van der Waals surface area contributed by atoms with E-state index >= 15 is 0 Å². The Kier molecular flexibility index (Phi) is 9.34. The fraction of sp³-hybridized carbons (Fsp3) is 0.344. The zero-order valence-corrected chi connectivity index (χ0v) is 41.5. The van der Waals surface area contributed by atoms with Gasteiger partial charge in [0.1, 0.15) is 0 Å². The van der Waals surface area contributed by atoms with Crippen LogP contribution in [0.1, 0.15) is 135 Å². The molecule has 3 aliphatic rings. The fourth-order valence-corrected chi connectivity index (χ4v) is 12.9. The van der Waals surface area contributed by atoms with Crippen molar-refractivity contribution >= 4 is 88.9 Å². The molecular weight excluding hydrogens is 804 g/mol. The van der Waals surface area contributed by atoms with Crippen molar-refractivity contribution in [3.05, 3.63) is 149 Å². The average Bonchev–Trinajstić information content (AvgIpc) is 3.62. The van der Waals surface area contributed by atoms with Gasteiger partial charge in [-0.3, -0.25) is 0 Å². The van der Waals surface area contributed by atoms with Crippen LogP contribution in [0.5, 0.6) is 0 Å². The first-order valence-electron chi connectivity index (χ1n) is 24.1. The zero-order chi connectivity index (χ0) is 45.6. The summed E-state index contributed by atoms with van der Waals surface area (Å²) in [6.07, 6.45) is 4.76. The molecule has 2 nitrogen and oxygen atoms in total. The number of fused-ring (bicyclic) bond motifs is 8. The van der Waals surface area contributed by atoms with Gasteiger partial charge in [-0.15, -0.1) is 11.3 Å². The van der Waals surface area contributed by atoms with Gasteiger partial charge in [0, 0.05) is 38.1 Å². The molecule has 0 unspecified atom stereocenters. The van der Waals surface area contributed by atoms with Crippen molar-refractivity contribution < 1.29 is 0 Å². The van der Waals surface area contributed by atoms with Crippen LogP contribution in [0.15, 0.2) is 115 Å². The summed E-state index contributed by atoms with van der Waals surface area (Å²) in [5, 5.41) is 10.3. The van der Waals surface area contributed by atoms with Crippen molar-refractivity contribution in [1.29, 1.82) is 0 Å². The van der Waals surface area contributed by atoms with Crippen molar-refractivity contribution in [2.24, 2.45) is 0 Å². The summed E-state index contributed by atoms with van der Waals surface area (Å²) in [6.45, 7) is 28.9. The summed E-state index contributed by atoms with van der Waals surface area (Å²) in [5.41, 5.74) is 19.0.